The van der Waals surface area contributed by atoms with E-state index >= 15 is 0 Å². The molecule has 1 aliphatic heterocycles. The number of rotatable bonds is 0. The second kappa shape index (κ2) is 3.52. The van der Waals surface area contributed by atoms with Crippen LogP contribution in [0, 0.1) is 0 Å². The van der Waals surface area contributed by atoms with Crippen LogP contribution in [0.25, 0.3) is 0 Å². The Labute approximate surface area is 80.9 Å². The van der Waals surface area contributed by atoms with Crippen molar-refractivity contribution < 1.29 is 19.8 Å². The molecule has 0 radical (unpaired) electrons. The fourth-order valence-electron chi connectivity index (χ4n) is 1.15. The molecule has 0 unspecified atom stereocenters. The molecule has 2 amide bonds. The van der Waals surface area contributed by atoms with E-state index in [4.69, 9.17) is 0 Å². The standard InChI is InChI=1S/C7H13N3O4/c1-5(11)9-3-8-7(13,14)10(4-9)6(2)12/h8,13-14H,3-4H2,1-2H3. The summed E-state index contributed by atoms with van der Waals surface area (Å²) in [5, 5.41) is 20.9. The lowest BCUT2D eigenvalue weighted by Gasteiger charge is -2.43. The van der Waals surface area contributed by atoms with Crippen LogP contribution in [0.2, 0.25) is 0 Å². The fraction of sp³-hybridized carbons (Fsp3) is 0.714. The zero-order chi connectivity index (χ0) is 10.9. The summed E-state index contributed by atoms with van der Waals surface area (Å²) in [6, 6.07) is -2.38. The predicted molar refractivity (Wildman–Crippen MR) is 45.1 cm³/mol. The van der Waals surface area contributed by atoms with Crippen LogP contribution in [0.1, 0.15) is 13.8 Å². The summed E-state index contributed by atoms with van der Waals surface area (Å²) in [6.45, 7) is 2.38. The van der Waals surface area contributed by atoms with Crippen LogP contribution in [-0.2, 0) is 9.59 Å². The van der Waals surface area contributed by atoms with Gasteiger partial charge in [0, 0.05) is 13.8 Å². The number of aliphatic hydroxyl groups is 2. The van der Waals surface area contributed by atoms with Crippen molar-refractivity contribution in [1.29, 1.82) is 0 Å². The number of nitrogens with one attached hydrogen (secondary N) is 1. The smallest absolute Gasteiger partial charge is 0.317 e. The Morgan fingerprint density at radius 2 is 1.86 bits per heavy atom. The SMILES string of the molecule is CC(=O)N1CNC(O)(O)N(C(C)=O)C1. The number of amides is 2. The average Bonchev–Trinajstić information content (AvgIpc) is 2.02. The first-order chi connectivity index (χ1) is 6.34. The van der Waals surface area contributed by atoms with Crippen molar-refractivity contribution in [2.45, 2.75) is 19.9 Å². The molecule has 0 aromatic carbocycles. The number of carbonyl (C=O) groups is 2. The molecule has 1 rings (SSSR count). The van der Waals surface area contributed by atoms with E-state index in [2.05, 4.69) is 5.32 Å². The van der Waals surface area contributed by atoms with Crippen molar-refractivity contribution in [1.82, 2.24) is 15.1 Å². The van der Waals surface area contributed by atoms with Gasteiger partial charge in [-0.1, -0.05) is 0 Å². The highest BCUT2D eigenvalue weighted by Crippen LogP contribution is 2.11. The number of hydrogen-bond acceptors (Lipinski definition) is 5. The van der Waals surface area contributed by atoms with Gasteiger partial charge in [-0.05, 0) is 0 Å². The number of carbonyl (C=O) groups excluding carboxylic acids is 2. The second-order valence-corrected chi connectivity index (χ2v) is 3.12. The molecule has 1 aliphatic rings. The van der Waals surface area contributed by atoms with Crippen LogP contribution in [0.3, 0.4) is 0 Å². The van der Waals surface area contributed by atoms with Crippen LogP contribution in [-0.4, -0.2) is 51.2 Å². The van der Waals surface area contributed by atoms with E-state index in [0.717, 1.165) is 4.90 Å². The van der Waals surface area contributed by atoms with Gasteiger partial charge >= 0.3 is 6.03 Å². The predicted octanol–water partition coefficient (Wildman–Crippen LogP) is -2.20. The molecule has 1 saturated heterocycles. The molecule has 1 fully saturated rings. The van der Waals surface area contributed by atoms with Gasteiger partial charge in [-0.2, -0.15) is 0 Å². The van der Waals surface area contributed by atoms with Crippen LogP contribution >= 0.6 is 0 Å². The fourth-order valence-corrected chi connectivity index (χ4v) is 1.15. The quantitative estimate of drug-likeness (QED) is 0.388. The lowest BCUT2D eigenvalue weighted by atomic mass is 10.4. The highest BCUT2D eigenvalue weighted by atomic mass is 16.6. The van der Waals surface area contributed by atoms with Crippen LogP contribution < -0.4 is 5.32 Å². The maximum atomic E-state index is 11.0. The molecule has 0 bridgehead atoms. The topological polar surface area (TPSA) is 93.1 Å². The summed E-state index contributed by atoms with van der Waals surface area (Å²) in [7, 11) is 0. The first-order valence-electron chi connectivity index (χ1n) is 4.08. The van der Waals surface area contributed by atoms with Crippen LogP contribution in [0.15, 0.2) is 0 Å². The van der Waals surface area contributed by atoms with Crippen molar-refractivity contribution in [3.63, 3.8) is 0 Å². The van der Waals surface area contributed by atoms with E-state index in [1.807, 2.05) is 0 Å². The van der Waals surface area contributed by atoms with Crippen LogP contribution in [0.5, 0.6) is 0 Å². The van der Waals surface area contributed by atoms with E-state index in [1.54, 1.807) is 0 Å². The van der Waals surface area contributed by atoms with Gasteiger partial charge in [0.25, 0.3) is 0 Å². The zero-order valence-corrected chi connectivity index (χ0v) is 8.02. The lowest BCUT2D eigenvalue weighted by molar-refractivity contribution is -0.300. The third-order valence-electron chi connectivity index (χ3n) is 2.02. The summed E-state index contributed by atoms with van der Waals surface area (Å²) in [4.78, 5) is 24.0. The maximum absolute atomic E-state index is 11.0. The molecule has 0 atom stereocenters. The average molecular weight is 203 g/mol. The molecule has 1 heterocycles. The second-order valence-electron chi connectivity index (χ2n) is 3.12. The Morgan fingerprint density at radius 3 is 2.29 bits per heavy atom. The van der Waals surface area contributed by atoms with Crippen molar-refractivity contribution in [2.24, 2.45) is 0 Å². The van der Waals surface area contributed by atoms with Gasteiger partial charge in [0.05, 0.1) is 6.67 Å². The molecule has 3 N–H and O–H groups in total. The Kier molecular flexibility index (Phi) is 2.74. The third-order valence-corrected chi connectivity index (χ3v) is 2.02. The van der Waals surface area contributed by atoms with Gasteiger partial charge in [-0.25, -0.2) is 5.32 Å². The first-order valence-corrected chi connectivity index (χ1v) is 4.08. The minimum absolute atomic E-state index is 0.00782. The lowest BCUT2D eigenvalue weighted by Crippen LogP contribution is -2.70. The van der Waals surface area contributed by atoms with E-state index in [-0.39, 0.29) is 19.2 Å². The van der Waals surface area contributed by atoms with Crippen molar-refractivity contribution in [2.75, 3.05) is 13.3 Å². The first kappa shape index (κ1) is 10.9. The minimum atomic E-state index is -2.38. The summed E-state index contributed by atoms with van der Waals surface area (Å²) in [5.41, 5.74) is 0. The molecule has 80 valence electrons. The van der Waals surface area contributed by atoms with Gasteiger partial charge in [0.15, 0.2) is 0 Å². The Bertz CT molecular complexity index is 266. The Morgan fingerprint density at radius 1 is 1.29 bits per heavy atom. The summed E-state index contributed by atoms with van der Waals surface area (Å²) in [5.74, 6) is -0.785. The largest absolute Gasteiger partial charge is 0.336 e. The summed E-state index contributed by atoms with van der Waals surface area (Å²) in [6.07, 6.45) is 0. The Balaban J connectivity index is 2.77. The minimum Gasteiger partial charge on any atom is -0.336 e. The molecular weight excluding hydrogens is 190 g/mol. The van der Waals surface area contributed by atoms with E-state index in [1.165, 1.54) is 18.7 Å². The molecule has 0 aromatic rings. The van der Waals surface area contributed by atoms with Crippen molar-refractivity contribution in [3.8, 4) is 0 Å². The molecule has 0 spiro atoms. The zero-order valence-electron chi connectivity index (χ0n) is 8.02. The molecule has 7 heteroatoms. The normalized spacial score (nSPS) is 20.9. The molecule has 14 heavy (non-hydrogen) atoms. The van der Waals surface area contributed by atoms with Gasteiger partial charge in [-0.3, -0.25) is 14.5 Å². The molecule has 0 aliphatic carbocycles. The molecule has 7 nitrogen and oxygen atoms in total. The van der Waals surface area contributed by atoms with Crippen molar-refractivity contribution in [3.05, 3.63) is 0 Å². The number of nitrogens with zero attached hydrogens (tertiary/aromatic N) is 2. The molecular formula is C7H13N3O4. The van der Waals surface area contributed by atoms with Gasteiger partial charge in [-0.15, -0.1) is 0 Å². The van der Waals surface area contributed by atoms with E-state index in [9.17, 15) is 19.8 Å². The van der Waals surface area contributed by atoms with Crippen LogP contribution in [0.4, 0.5) is 0 Å². The maximum Gasteiger partial charge on any atom is 0.317 e. The van der Waals surface area contributed by atoms with E-state index in [0.29, 0.717) is 0 Å². The monoisotopic (exact) mass is 203 g/mol. The van der Waals surface area contributed by atoms with Gasteiger partial charge in [0.2, 0.25) is 11.8 Å². The van der Waals surface area contributed by atoms with E-state index < -0.39 is 11.9 Å². The summed E-state index contributed by atoms with van der Waals surface area (Å²) < 4.78 is 0. The Hall–Kier alpha value is -1.18. The third kappa shape index (κ3) is 2.00. The van der Waals surface area contributed by atoms with Gasteiger partial charge < -0.3 is 15.1 Å². The van der Waals surface area contributed by atoms with Crippen molar-refractivity contribution >= 4 is 11.8 Å². The van der Waals surface area contributed by atoms with Gasteiger partial charge in [0.1, 0.15) is 6.67 Å². The highest BCUT2D eigenvalue weighted by molar-refractivity contribution is 5.76. The number of hydrogen-bond donors (Lipinski definition) is 3. The molecule has 0 saturated carbocycles. The summed E-state index contributed by atoms with van der Waals surface area (Å²) >= 11 is 0. The molecule has 0 aromatic heterocycles. The highest BCUT2D eigenvalue weighted by Gasteiger charge is 2.39.